The van der Waals surface area contributed by atoms with E-state index >= 15 is 0 Å². The van der Waals surface area contributed by atoms with Crippen molar-refractivity contribution in [2.75, 3.05) is 0 Å². The highest BCUT2D eigenvalue weighted by molar-refractivity contribution is 5.27. The largest absolute Gasteiger partial charge is 0.508 e. The molecule has 1 aromatic carbocycles. The van der Waals surface area contributed by atoms with E-state index in [1.165, 1.54) is 5.69 Å². The number of phenols is 1. The predicted molar refractivity (Wildman–Crippen MR) is 91.0 cm³/mol. The summed E-state index contributed by atoms with van der Waals surface area (Å²) in [5.74, 6) is 0.320. The summed E-state index contributed by atoms with van der Waals surface area (Å²) in [7, 11) is 2.08. The van der Waals surface area contributed by atoms with Gasteiger partial charge in [-0.15, -0.1) is 0 Å². The van der Waals surface area contributed by atoms with Crippen LogP contribution in [0.3, 0.4) is 0 Å². The van der Waals surface area contributed by atoms with Crippen molar-refractivity contribution in [2.24, 2.45) is 7.05 Å². The van der Waals surface area contributed by atoms with Gasteiger partial charge in [-0.25, -0.2) is 0 Å². The lowest BCUT2D eigenvalue weighted by Crippen LogP contribution is -2.38. The van der Waals surface area contributed by atoms with Gasteiger partial charge in [0.25, 0.3) is 0 Å². The van der Waals surface area contributed by atoms with Gasteiger partial charge >= 0.3 is 0 Å². The Bertz CT molecular complexity index is 630. The van der Waals surface area contributed by atoms with Gasteiger partial charge in [-0.1, -0.05) is 12.1 Å². The molecule has 2 N–H and O–H groups in total. The molecule has 1 fully saturated rings. The van der Waals surface area contributed by atoms with Crippen LogP contribution in [-0.2, 0) is 20.1 Å². The minimum Gasteiger partial charge on any atom is -0.508 e. The van der Waals surface area contributed by atoms with Crippen molar-refractivity contribution in [3.63, 3.8) is 0 Å². The van der Waals surface area contributed by atoms with Crippen molar-refractivity contribution in [1.29, 1.82) is 0 Å². The quantitative estimate of drug-likeness (QED) is 0.892. The van der Waals surface area contributed by atoms with Gasteiger partial charge in [-0.2, -0.15) is 0 Å². The third kappa shape index (κ3) is 4.15. The Morgan fingerprint density at radius 2 is 1.87 bits per heavy atom. The molecule has 2 aromatic rings. The molecule has 0 unspecified atom stereocenters. The van der Waals surface area contributed by atoms with Crippen molar-refractivity contribution >= 4 is 0 Å². The maximum Gasteiger partial charge on any atom is 0.115 e. The number of hydrogen-bond acceptors (Lipinski definition) is 3. The van der Waals surface area contributed by atoms with Crippen LogP contribution in [0.2, 0.25) is 0 Å². The molecule has 1 saturated carbocycles. The van der Waals surface area contributed by atoms with Crippen LogP contribution in [-0.4, -0.2) is 31.8 Å². The van der Waals surface area contributed by atoms with E-state index in [1.807, 2.05) is 12.1 Å². The first-order valence-corrected chi connectivity index (χ1v) is 8.42. The number of aryl methyl sites for hydroxylation is 1. The standard InChI is InChI=1S/C19H26N2O2/c1-20-11-3-5-17(20)14-21(16-7-9-18(22)10-8-16)13-15-4-2-6-19(23)12-15/h2-6,11-12,16,18,22-23H,7-10,13-14H2,1H3. The number of aromatic hydroxyl groups is 1. The third-order valence-corrected chi connectivity index (χ3v) is 4.90. The molecule has 4 heteroatoms. The van der Waals surface area contributed by atoms with Crippen LogP contribution in [0.1, 0.15) is 36.9 Å². The molecule has 3 rings (SSSR count). The van der Waals surface area contributed by atoms with Crippen molar-refractivity contribution in [3.05, 3.63) is 53.9 Å². The Kier molecular flexibility index (Phi) is 5.03. The maximum atomic E-state index is 9.78. The summed E-state index contributed by atoms with van der Waals surface area (Å²) >= 11 is 0. The fraction of sp³-hybridized carbons (Fsp3) is 0.474. The third-order valence-electron chi connectivity index (χ3n) is 4.90. The molecule has 4 nitrogen and oxygen atoms in total. The summed E-state index contributed by atoms with van der Waals surface area (Å²) < 4.78 is 2.16. The van der Waals surface area contributed by atoms with E-state index in [1.54, 1.807) is 6.07 Å². The van der Waals surface area contributed by atoms with Crippen molar-refractivity contribution < 1.29 is 10.2 Å². The molecule has 124 valence electrons. The van der Waals surface area contributed by atoms with Crippen LogP contribution < -0.4 is 0 Å². The molecule has 0 saturated heterocycles. The van der Waals surface area contributed by atoms with E-state index in [0.29, 0.717) is 11.8 Å². The smallest absolute Gasteiger partial charge is 0.115 e. The molecule has 23 heavy (non-hydrogen) atoms. The molecule has 0 atom stereocenters. The Labute approximate surface area is 138 Å². The normalized spacial score (nSPS) is 21.7. The number of rotatable bonds is 5. The molecule has 0 radical (unpaired) electrons. The van der Waals surface area contributed by atoms with E-state index in [2.05, 4.69) is 40.9 Å². The van der Waals surface area contributed by atoms with Crippen molar-refractivity contribution in [1.82, 2.24) is 9.47 Å². The number of nitrogens with zero attached hydrogens (tertiary/aromatic N) is 2. The lowest BCUT2D eigenvalue weighted by molar-refractivity contribution is 0.0656. The molecule has 1 aliphatic rings. The van der Waals surface area contributed by atoms with Crippen LogP contribution in [0.25, 0.3) is 0 Å². The second-order valence-corrected chi connectivity index (χ2v) is 6.65. The number of aliphatic hydroxyl groups is 1. The number of phenolic OH excluding ortho intramolecular Hbond substituents is 1. The average Bonchev–Trinajstić information content (AvgIpc) is 2.93. The topological polar surface area (TPSA) is 48.6 Å². The van der Waals surface area contributed by atoms with Crippen molar-refractivity contribution in [3.8, 4) is 5.75 Å². The van der Waals surface area contributed by atoms with E-state index in [4.69, 9.17) is 0 Å². The van der Waals surface area contributed by atoms with Gasteiger partial charge in [0, 0.05) is 38.1 Å². The van der Waals surface area contributed by atoms with Gasteiger partial charge in [0.05, 0.1) is 6.10 Å². The van der Waals surface area contributed by atoms with Gasteiger partial charge in [0.15, 0.2) is 0 Å². The van der Waals surface area contributed by atoms with Crippen LogP contribution in [0, 0.1) is 0 Å². The van der Waals surface area contributed by atoms with Crippen LogP contribution in [0.15, 0.2) is 42.6 Å². The summed E-state index contributed by atoms with van der Waals surface area (Å²) in [4.78, 5) is 2.48. The summed E-state index contributed by atoms with van der Waals surface area (Å²) in [6.07, 6.45) is 5.77. The average molecular weight is 314 g/mol. The van der Waals surface area contributed by atoms with E-state index in [-0.39, 0.29) is 6.10 Å². The summed E-state index contributed by atoms with van der Waals surface area (Å²) in [5, 5.41) is 19.5. The SMILES string of the molecule is Cn1cccc1CN(Cc1cccc(O)c1)C1CCC(O)CC1. The highest BCUT2D eigenvalue weighted by Gasteiger charge is 2.25. The molecule has 0 bridgehead atoms. The van der Waals surface area contributed by atoms with Gasteiger partial charge < -0.3 is 14.8 Å². The Hall–Kier alpha value is -1.78. The van der Waals surface area contributed by atoms with Crippen LogP contribution in [0.5, 0.6) is 5.75 Å². The molecule has 1 aliphatic carbocycles. The number of aromatic nitrogens is 1. The summed E-state index contributed by atoms with van der Waals surface area (Å²) in [5.41, 5.74) is 2.42. The Morgan fingerprint density at radius 1 is 1.09 bits per heavy atom. The van der Waals surface area contributed by atoms with Crippen LogP contribution in [0.4, 0.5) is 0 Å². The van der Waals surface area contributed by atoms with Crippen molar-refractivity contribution in [2.45, 2.75) is 50.9 Å². The first-order chi connectivity index (χ1) is 11.1. The van der Waals surface area contributed by atoms with Crippen LogP contribution >= 0.6 is 0 Å². The highest BCUT2D eigenvalue weighted by atomic mass is 16.3. The zero-order chi connectivity index (χ0) is 16.2. The fourth-order valence-corrected chi connectivity index (χ4v) is 3.50. The lowest BCUT2D eigenvalue weighted by atomic mass is 9.91. The number of aliphatic hydroxyl groups excluding tert-OH is 1. The first kappa shape index (κ1) is 16.1. The van der Waals surface area contributed by atoms with Gasteiger partial charge in [0.2, 0.25) is 0 Å². The first-order valence-electron chi connectivity index (χ1n) is 8.42. The molecular weight excluding hydrogens is 288 g/mol. The van der Waals surface area contributed by atoms with E-state index in [9.17, 15) is 10.2 Å². The molecule has 0 aliphatic heterocycles. The molecular formula is C19H26N2O2. The lowest BCUT2D eigenvalue weighted by Gasteiger charge is -2.36. The second kappa shape index (κ2) is 7.20. The summed E-state index contributed by atoms with van der Waals surface area (Å²) in [6.45, 7) is 1.71. The Balaban J connectivity index is 1.76. The predicted octanol–water partition coefficient (Wildman–Crippen LogP) is 3.04. The molecule has 1 aromatic heterocycles. The number of benzene rings is 1. The molecule has 0 amide bonds. The maximum absolute atomic E-state index is 9.78. The van der Waals surface area contributed by atoms with Gasteiger partial charge in [0.1, 0.15) is 5.75 Å². The molecule has 1 heterocycles. The van der Waals surface area contributed by atoms with Gasteiger partial charge in [-0.05, 0) is 55.5 Å². The monoisotopic (exact) mass is 314 g/mol. The minimum absolute atomic E-state index is 0.135. The zero-order valence-electron chi connectivity index (χ0n) is 13.7. The second-order valence-electron chi connectivity index (χ2n) is 6.65. The Morgan fingerprint density at radius 3 is 2.52 bits per heavy atom. The zero-order valence-corrected chi connectivity index (χ0v) is 13.7. The van der Waals surface area contributed by atoms with E-state index in [0.717, 1.165) is 44.3 Å². The fourth-order valence-electron chi connectivity index (χ4n) is 3.50. The highest BCUT2D eigenvalue weighted by Crippen LogP contribution is 2.26. The summed E-state index contributed by atoms with van der Waals surface area (Å²) in [6, 6.07) is 12.2. The minimum atomic E-state index is -0.135. The molecule has 0 spiro atoms. The van der Waals surface area contributed by atoms with E-state index < -0.39 is 0 Å². The number of hydrogen-bond donors (Lipinski definition) is 2. The van der Waals surface area contributed by atoms with Gasteiger partial charge in [-0.3, -0.25) is 4.90 Å².